The Morgan fingerprint density at radius 2 is 1.89 bits per heavy atom. The number of methoxy groups -OCH3 is 1. The number of benzene rings is 1. The third-order valence-corrected chi connectivity index (χ3v) is 5.75. The Balaban J connectivity index is 0.00000118. The summed E-state index contributed by atoms with van der Waals surface area (Å²) >= 11 is 0. The first kappa shape index (κ1) is 31.0. The number of fused-ring (bicyclic) bond motifs is 1. The molecular weight excluding hydrogens is 519 g/mol. The van der Waals surface area contributed by atoms with Crippen molar-refractivity contribution < 1.29 is 42.8 Å². The summed E-state index contributed by atoms with van der Waals surface area (Å²) in [6, 6.07) is 5.60. The highest BCUT2D eigenvalue weighted by Gasteiger charge is 2.32. The molecular formula is C24H35N4O9P. The van der Waals surface area contributed by atoms with Crippen molar-refractivity contribution in [1.82, 2.24) is 20.9 Å². The maximum absolute atomic E-state index is 12.5. The SMILES string of the molecule is CC(C)C.COc1cccc2[nH]c(C(=O)NCC(=O)NC(CC3CCNC3=O)C(=O)COP(=O)(O)O)cc12. The second-order valence-corrected chi connectivity index (χ2v) is 10.6. The van der Waals surface area contributed by atoms with Crippen LogP contribution in [0.3, 0.4) is 0 Å². The number of nitrogens with one attached hydrogen (secondary N) is 4. The second kappa shape index (κ2) is 14.1. The number of aromatic amines is 1. The third-order valence-electron chi connectivity index (χ3n) is 5.28. The Hall–Kier alpha value is -3.25. The molecule has 1 aromatic heterocycles. The van der Waals surface area contributed by atoms with Gasteiger partial charge in [0.05, 0.1) is 19.7 Å². The smallest absolute Gasteiger partial charge is 0.470 e. The number of rotatable bonds is 11. The number of ether oxygens (including phenoxy) is 1. The van der Waals surface area contributed by atoms with Gasteiger partial charge in [0.15, 0.2) is 5.78 Å². The van der Waals surface area contributed by atoms with Gasteiger partial charge in [0, 0.05) is 23.4 Å². The molecule has 13 nitrogen and oxygen atoms in total. The van der Waals surface area contributed by atoms with E-state index >= 15 is 0 Å². The van der Waals surface area contributed by atoms with E-state index in [1.807, 2.05) is 0 Å². The molecule has 6 N–H and O–H groups in total. The van der Waals surface area contributed by atoms with Crippen molar-refractivity contribution in [3.8, 4) is 5.75 Å². The fourth-order valence-electron chi connectivity index (χ4n) is 3.60. The lowest BCUT2D eigenvalue weighted by atomic mass is 9.96. The summed E-state index contributed by atoms with van der Waals surface area (Å²) in [5.41, 5.74) is 0.858. The fraction of sp³-hybridized carbons (Fsp3) is 0.500. The van der Waals surface area contributed by atoms with Crippen molar-refractivity contribution in [2.75, 3.05) is 26.8 Å². The average Bonchev–Trinajstić information content (AvgIpc) is 3.45. The molecule has 2 aromatic rings. The Bertz CT molecular complexity index is 1190. The maximum atomic E-state index is 12.5. The number of Topliss-reactive ketones (excluding diaryl/α,β-unsaturated/α-hetero) is 1. The largest absolute Gasteiger partial charge is 0.496 e. The van der Waals surface area contributed by atoms with E-state index in [1.165, 1.54) is 7.11 Å². The Morgan fingerprint density at radius 3 is 2.47 bits per heavy atom. The van der Waals surface area contributed by atoms with Crippen molar-refractivity contribution in [1.29, 1.82) is 0 Å². The monoisotopic (exact) mass is 554 g/mol. The van der Waals surface area contributed by atoms with Crippen molar-refractivity contribution >= 4 is 42.2 Å². The highest BCUT2D eigenvalue weighted by molar-refractivity contribution is 7.46. The van der Waals surface area contributed by atoms with Crippen LogP contribution in [0.1, 0.15) is 44.1 Å². The number of hydrogen-bond donors (Lipinski definition) is 6. The van der Waals surface area contributed by atoms with Gasteiger partial charge in [-0.15, -0.1) is 0 Å². The van der Waals surface area contributed by atoms with Gasteiger partial charge in [-0.25, -0.2) is 4.57 Å². The molecule has 3 amide bonds. The summed E-state index contributed by atoms with van der Waals surface area (Å²) in [5.74, 6) is -1.55. The van der Waals surface area contributed by atoms with Crippen LogP contribution in [0.4, 0.5) is 0 Å². The van der Waals surface area contributed by atoms with Gasteiger partial charge < -0.3 is 35.5 Å². The lowest BCUT2D eigenvalue weighted by Crippen LogP contribution is -2.47. The second-order valence-electron chi connectivity index (χ2n) is 9.38. The molecule has 0 saturated carbocycles. The highest BCUT2D eigenvalue weighted by Crippen LogP contribution is 2.35. The standard InChI is InChI=1S/C20H25N4O9P.C4H10/c1-32-17-4-2-3-13-12(17)8-15(23-13)20(28)22-9-18(26)24-14(7-11-5-6-21-19(11)27)16(25)10-33-34(29,30)31;1-4(2)3/h2-4,8,11,14,23H,5-7,9-10H2,1H3,(H,21,27)(H,22,28)(H,24,26)(H2,29,30,31);4H,1-3H3. The van der Waals surface area contributed by atoms with Gasteiger partial charge in [-0.3, -0.25) is 23.7 Å². The van der Waals surface area contributed by atoms with Crippen LogP contribution in [0, 0.1) is 11.8 Å². The van der Waals surface area contributed by atoms with Gasteiger partial charge in [0.2, 0.25) is 11.8 Å². The molecule has 2 atom stereocenters. The highest BCUT2D eigenvalue weighted by atomic mass is 31.2. The van der Waals surface area contributed by atoms with Gasteiger partial charge in [0.25, 0.3) is 5.91 Å². The minimum absolute atomic E-state index is 0.0727. The van der Waals surface area contributed by atoms with Gasteiger partial charge in [-0.2, -0.15) is 0 Å². The first-order valence-corrected chi connectivity index (χ1v) is 13.6. The Kier molecular flexibility index (Phi) is 11.5. The molecule has 210 valence electrons. The zero-order chi connectivity index (χ0) is 28.5. The number of carbonyl (C=O) groups excluding carboxylic acids is 4. The first-order chi connectivity index (χ1) is 17.8. The van der Waals surface area contributed by atoms with Gasteiger partial charge in [0.1, 0.15) is 18.1 Å². The molecule has 3 rings (SSSR count). The number of hydrogen-bond acceptors (Lipinski definition) is 7. The number of H-pyrrole nitrogens is 1. The predicted octanol–water partition coefficient (Wildman–Crippen LogP) is 1.26. The van der Waals surface area contributed by atoms with Crippen LogP contribution in [-0.2, 0) is 23.5 Å². The van der Waals surface area contributed by atoms with Crippen LogP contribution in [-0.4, -0.2) is 71.1 Å². The average molecular weight is 555 g/mol. The van der Waals surface area contributed by atoms with Crippen LogP contribution in [0.5, 0.6) is 5.75 Å². The van der Waals surface area contributed by atoms with Crippen LogP contribution >= 0.6 is 7.82 Å². The minimum atomic E-state index is -4.90. The molecule has 0 spiro atoms. The molecule has 0 aliphatic carbocycles. The summed E-state index contributed by atoms with van der Waals surface area (Å²) in [7, 11) is -3.40. The molecule has 1 aromatic carbocycles. The summed E-state index contributed by atoms with van der Waals surface area (Å²) in [5, 5.41) is 8.13. The van der Waals surface area contributed by atoms with E-state index in [2.05, 4.69) is 46.2 Å². The summed E-state index contributed by atoms with van der Waals surface area (Å²) < 4.78 is 20.4. The van der Waals surface area contributed by atoms with E-state index in [9.17, 15) is 23.7 Å². The number of aromatic nitrogens is 1. The topological polar surface area (TPSA) is 196 Å². The van der Waals surface area contributed by atoms with E-state index in [0.29, 0.717) is 29.6 Å². The number of phosphoric acid groups is 1. The van der Waals surface area contributed by atoms with Gasteiger partial charge in [-0.05, 0) is 37.0 Å². The number of amides is 3. The normalized spacial score (nSPS) is 15.9. The first-order valence-electron chi connectivity index (χ1n) is 12.0. The maximum Gasteiger partial charge on any atom is 0.470 e. The van der Waals surface area contributed by atoms with Crippen LogP contribution < -0.4 is 20.7 Å². The van der Waals surface area contributed by atoms with E-state index < -0.39 is 50.5 Å². The molecule has 1 aliphatic rings. The van der Waals surface area contributed by atoms with Crippen molar-refractivity contribution in [2.24, 2.45) is 11.8 Å². The molecule has 0 bridgehead atoms. The third kappa shape index (κ3) is 9.90. The molecule has 1 fully saturated rings. The minimum Gasteiger partial charge on any atom is -0.496 e. The van der Waals surface area contributed by atoms with Crippen LogP contribution in [0.2, 0.25) is 0 Å². The Labute approximate surface area is 220 Å². The molecule has 38 heavy (non-hydrogen) atoms. The lowest BCUT2D eigenvalue weighted by Gasteiger charge is -2.20. The zero-order valence-electron chi connectivity index (χ0n) is 21.8. The van der Waals surface area contributed by atoms with Crippen LogP contribution in [0.15, 0.2) is 24.3 Å². The zero-order valence-corrected chi connectivity index (χ0v) is 22.7. The Morgan fingerprint density at radius 1 is 1.21 bits per heavy atom. The van der Waals surface area contributed by atoms with Crippen LogP contribution in [0.25, 0.3) is 10.9 Å². The van der Waals surface area contributed by atoms with Gasteiger partial charge >= 0.3 is 7.82 Å². The lowest BCUT2D eigenvalue weighted by molar-refractivity contribution is -0.130. The summed E-state index contributed by atoms with van der Waals surface area (Å²) in [4.78, 5) is 69.8. The number of carbonyl (C=O) groups is 4. The molecule has 1 aliphatic heterocycles. The molecule has 2 heterocycles. The molecule has 0 radical (unpaired) electrons. The van der Waals surface area contributed by atoms with E-state index in [1.54, 1.807) is 24.3 Å². The fourth-order valence-corrected chi connectivity index (χ4v) is 3.90. The number of phosphoric ester groups is 1. The molecule has 1 saturated heterocycles. The van der Waals surface area contributed by atoms with E-state index in [0.717, 1.165) is 5.92 Å². The van der Waals surface area contributed by atoms with E-state index in [-0.39, 0.29) is 18.0 Å². The van der Waals surface area contributed by atoms with Crippen molar-refractivity contribution in [3.63, 3.8) is 0 Å². The summed E-state index contributed by atoms with van der Waals surface area (Å²) in [6.45, 7) is 5.49. The van der Waals surface area contributed by atoms with Crippen molar-refractivity contribution in [3.05, 3.63) is 30.0 Å². The predicted molar refractivity (Wildman–Crippen MR) is 138 cm³/mol. The van der Waals surface area contributed by atoms with Gasteiger partial charge in [-0.1, -0.05) is 26.8 Å². The summed E-state index contributed by atoms with van der Waals surface area (Å²) in [6.07, 6.45) is 0.370. The molecule has 2 unspecified atom stereocenters. The van der Waals surface area contributed by atoms with Crippen molar-refractivity contribution in [2.45, 2.75) is 39.7 Å². The quantitative estimate of drug-likeness (QED) is 0.222. The number of ketones is 1. The van der Waals surface area contributed by atoms with E-state index in [4.69, 9.17) is 14.5 Å². The molecule has 14 heteroatoms.